The molecule has 0 spiro atoms. The highest BCUT2D eigenvalue weighted by Gasteiger charge is 2.27. The highest BCUT2D eigenvalue weighted by atomic mass is 35.5. The molecule has 0 bridgehead atoms. The van der Waals surface area contributed by atoms with Gasteiger partial charge in [0.15, 0.2) is 0 Å². The van der Waals surface area contributed by atoms with Crippen molar-refractivity contribution in [3.8, 4) is 5.69 Å². The Kier molecular flexibility index (Phi) is 8.12. The number of aromatic carboxylic acids is 1. The van der Waals surface area contributed by atoms with Crippen LogP contribution in [0.1, 0.15) is 35.2 Å². The zero-order valence-corrected chi connectivity index (χ0v) is 24.5. The second-order valence-electron chi connectivity index (χ2n) is 10.9. The summed E-state index contributed by atoms with van der Waals surface area (Å²) in [5, 5.41) is 10.5. The van der Waals surface area contributed by atoms with Gasteiger partial charge in [-0.05, 0) is 67.9 Å². The molecule has 7 nitrogen and oxygen atoms in total. The summed E-state index contributed by atoms with van der Waals surface area (Å²) in [6, 6.07) is 16.5. The quantitative estimate of drug-likeness (QED) is 0.271. The molecule has 2 aliphatic heterocycles. The van der Waals surface area contributed by atoms with Gasteiger partial charge < -0.3 is 19.5 Å². The Hall–Kier alpha value is -3.59. The summed E-state index contributed by atoms with van der Waals surface area (Å²) in [5.41, 5.74) is 1.99. The maximum atomic E-state index is 15.8. The fourth-order valence-corrected chi connectivity index (χ4v) is 6.68. The lowest BCUT2D eigenvalue weighted by Crippen LogP contribution is -2.47. The summed E-state index contributed by atoms with van der Waals surface area (Å²) >= 11 is 13.2. The standard InChI is InChI=1S/C32H31Cl2FN4O3/c33-22-7-5-8-23(17-22)37-12-14-38(15-13-37)30-27(35)18-25-29(28(30)34)39(20-26(31(25)40)32(41)42)24-9-4-6-21(16-24)19-36-10-2-1-3-11-36/h4-9,16-18,20H,1-3,10-15,19H2,(H,41,42). The van der Waals surface area contributed by atoms with Crippen LogP contribution >= 0.6 is 23.2 Å². The normalized spacial score (nSPS) is 16.3. The smallest absolute Gasteiger partial charge is 0.341 e. The van der Waals surface area contributed by atoms with Gasteiger partial charge in [0.1, 0.15) is 11.4 Å². The SMILES string of the molecule is O=C(O)c1cn(-c2cccc(CN3CCCCC3)c2)c2c(Cl)c(N3CCN(c4cccc(Cl)c4)CC3)c(F)cc2c1=O. The van der Waals surface area contributed by atoms with Gasteiger partial charge in [-0.3, -0.25) is 9.69 Å². The summed E-state index contributed by atoms with van der Waals surface area (Å²) in [6.07, 6.45) is 4.88. The molecule has 0 saturated carbocycles. The van der Waals surface area contributed by atoms with Gasteiger partial charge in [-0.15, -0.1) is 0 Å². The molecule has 4 aromatic rings. The number of fused-ring (bicyclic) bond motifs is 1. The molecule has 1 N–H and O–H groups in total. The number of hydrogen-bond donors (Lipinski definition) is 1. The predicted molar refractivity (Wildman–Crippen MR) is 166 cm³/mol. The minimum absolute atomic E-state index is 0.0693. The number of anilines is 2. The lowest BCUT2D eigenvalue weighted by molar-refractivity contribution is 0.0695. The number of carbonyl (C=O) groups is 1. The number of aromatic nitrogens is 1. The van der Waals surface area contributed by atoms with Crippen molar-refractivity contribution < 1.29 is 14.3 Å². The molecule has 6 rings (SSSR count). The van der Waals surface area contributed by atoms with Gasteiger partial charge in [-0.25, -0.2) is 9.18 Å². The van der Waals surface area contributed by atoms with E-state index >= 15 is 4.39 Å². The van der Waals surface area contributed by atoms with E-state index < -0.39 is 22.8 Å². The molecule has 42 heavy (non-hydrogen) atoms. The Labute approximate surface area is 253 Å². The lowest BCUT2D eigenvalue weighted by Gasteiger charge is -2.38. The number of carboxylic acids is 1. The van der Waals surface area contributed by atoms with E-state index in [2.05, 4.69) is 9.80 Å². The van der Waals surface area contributed by atoms with E-state index in [1.165, 1.54) is 25.5 Å². The van der Waals surface area contributed by atoms with Crippen molar-refractivity contribution in [3.63, 3.8) is 0 Å². The lowest BCUT2D eigenvalue weighted by atomic mass is 10.1. The predicted octanol–water partition coefficient (Wildman–Crippen LogP) is 6.45. The fourth-order valence-electron chi connectivity index (χ4n) is 6.09. The Morgan fingerprint density at radius 3 is 2.26 bits per heavy atom. The van der Waals surface area contributed by atoms with E-state index in [1.54, 1.807) is 4.57 Å². The Morgan fingerprint density at radius 1 is 0.857 bits per heavy atom. The zero-order chi connectivity index (χ0) is 29.4. The van der Waals surface area contributed by atoms with Crippen molar-refractivity contribution in [2.75, 3.05) is 49.1 Å². The molecule has 0 unspecified atom stereocenters. The van der Waals surface area contributed by atoms with Crippen LogP contribution in [0.4, 0.5) is 15.8 Å². The first kappa shape index (κ1) is 28.5. The first-order valence-electron chi connectivity index (χ1n) is 14.2. The van der Waals surface area contributed by atoms with Crippen LogP contribution in [-0.4, -0.2) is 59.8 Å². The molecule has 0 radical (unpaired) electrons. The van der Waals surface area contributed by atoms with Crippen LogP contribution in [0, 0.1) is 5.82 Å². The van der Waals surface area contributed by atoms with Crippen LogP contribution in [0.15, 0.2) is 65.6 Å². The maximum absolute atomic E-state index is 15.8. The van der Waals surface area contributed by atoms with Crippen molar-refractivity contribution in [2.45, 2.75) is 25.8 Å². The fraction of sp³-hybridized carbons (Fsp3) is 0.312. The second kappa shape index (κ2) is 12.0. The van der Waals surface area contributed by atoms with Crippen molar-refractivity contribution in [2.24, 2.45) is 0 Å². The van der Waals surface area contributed by atoms with Gasteiger partial charge in [-0.2, -0.15) is 0 Å². The minimum Gasteiger partial charge on any atom is -0.477 e. The van der Waals surface area contributed by atoms with Gasteiger partial charge in [0.05, 0.1) is 21.6 Å². The van der Waals surface area contributed by atoms with Crippen LogP contribution in [0.2, 0.25) is 10.0 Å². The van der Waals surface area contributed by atoms with E-state index in [4.69, 9.17) is 23.2 Å². The molecule has 10 heteroatoms. The summed E-state index contributed by atoms with van der Waals surface area (Å²) in [5.74, 6) is -2.04. The van der Waals surface area contributed by atoms with Crippen LogP contribution in [0.25, 0.3) is 16.6 Å². The number of carboxylic acid groups (broad SMARTS) is 1. The number of likely N-dealkylation sites (tertiary alicyclic amines) is 1. The average Bonchev–Trinajstić information content (AvgIpc) is 2.98. The van der Waals surface area contributed by atoms with E-state index in [0.29, 0.717) is 36.9 Å². The number of rotatable bonds is 6. The molecule has 3 aromatic carbocycles. The molecular weight excluding hydrogens is 578 g/mol. The largest absolute Gasteiger partial charge is 0.477 e. The molecule has 0 amide bonds. The van der Waals surface area contributed by atoms with E-state index in [-0.39, 0.29) is 21.6 Å². The van der Waals surface area contributed by atoms with Gasteiger partial charge >= 0.3 is 5.97 Å². The first-order chi connectivity index (χ1) is 20.3. The Balaban J connectivity index is 1.41. The number of halogens is 3. The maximum Gasteiger partial charge on any atom is 0.341 e. The number of pyridine rings is 1. The van der Waals surface area contributed by atoms with Gasteiger partial charge in [0.2, 0.25) is 5.43 Å². The Morgan fingerprint density at radius 2 is 1.55 bits per heavy atom. The molecule has 218 valence electrons. The summed E-state index contributed by atoms with van der Waals surface area (Å²) < 4.78 is 17.4. The van der Waals surface area contributed by atoms with Crippen molar-refractivity contribution in [1.82, 2.24) is 9.47 Å². The molecule has 0 atom stereocenters. The molecule has 2 aliphatic rings. The molecule has 2 saturated heterocycles. The zero-order valence-electron chi connectivity index (χ0n) is 23.0. The van der Waals surface area contributed by atoms with Crippen LogP contribution in [-0.2, 0) is 6.54 Å². The summed E-state index contributed by atoms with van der Waals surface area (Å²) in [7, 11) is 0. The minimum atomic E-state index is -1.38. The first-order valence-corrected chi connectivity index (χ1v) is 14.9. The van der Waals surface area contributed by atoms with Crippen LogP contribution < -0.4 is 15.2 Å². The molecule has 3 heterocycles. The monoisotopic (exact) mass is 608 g/mol. The number of benzene rings is 3. The van der Waals surface area contributed by atoms with Gasteiger partial charge in [0, 0.05) is 55.3 Å². The third-order valence-corrected chi connectivity index (χ3v) is 8.79. The number of piperidine rings is 1. The molecule has 1 aromatic heterocycles. The van der Waals surface area contributed by atoms with Crippen molar-refractivity contribution >= 4 is 51.4 Å². The molecular formula is C32H31Cl2FN4O3. The highest BCUT2D eigenvalue weighted by Crippen LogP contribution is 2.37. The summed E-state index contributed by atoms with van der Waals surface area (Å²) in [6.45, 7) is 5.08. The number of piperazine rings is 1. The van der Waals surface area contributed by atoms with Crippen LogP contribution in [0.3, 0.4) is 0 Å². The van der Waals surface area contributed by atoms with Crippen LogP contribution in [0.5, 0.6) is 0 Å². The van der Waals surface area contributed by atoms with Gasteiger partial charge in [-0.1, -0.05) is 47.8 Å². The number of nitrogens with zero attached hydrogens (tertiary/aromatic N) is 4. The van der Waals surface area contributed by atoms with E-state index in [1.807, 2.05) is 53.4 Å². The average molecular weight is 610 g/mol. The Bertz CT molecular complexity index is 1710. The van der Waals surface area contributed by atoms with E-state index in [0.717, 1.165) is 37.0 Å². The third kappa shape index (κ3) is 5.59. The van der Waals surface area contributed by atoms with Crippen molar-refractivity contribution in [1.29, 1.82) is 0 Å². The topological polar surface area (TPSA) is 69.0 Å². The molecule has 0 aliphatic carbocycles. The third-order valence-electron chi connectivity index (χ3n) is 8.20. The second-order valence-corrected chi connectivity index (χ2v) is 11.7. The molecule has 2 fully saturated rings. The number of hydrogen-bond acceptors (Lipinski definition) is 5. The van der Waals surface area contributed by atoms with E-state index in [9.17, 15) is 14.7 Å². The van der Waals surface area contributed by atoms with Crippen molar-refractivity contribution in [3.05, 3.63) is 98.0 Å². The van der Waals surface area contributed by atoms with Gasteiger partial charge in [0.25, 0.3) is 0 Å². The summed E-state index contributed by atoms with van der Waals surface area (Å²) in [4.78, 5) is 31.8. The highest BCUT2D eigenvalue weighted by molar-refractivity contribution is 6.38.